The van der Waals surface area contributed by atoms with Gasteiger partial charge < -0.3 is 10.4 Å². The third-order valence-corrected chi connectivity index (χ3v) is 8.68. The van der Waals surface area contributed by atoms with Gasteiger partial charge in [0.05, 0.1) is 5.56 Å². The number of carbonyl (C=O) groups excluding carboxylic acids is 2. The molecule has 0 spiro atoms. The molecule has 0 saturated carbocycles. The molecule has 0 aliphatic carbocycles. The highest BCUT2D eigenvalue weighted by atomic mass is 16.4. The maximum atomic E-state index is 13.7. The summed E-state index contributed by atoms with van der Waals surface area (Å²) in [6.07, 6.45) is 0.169. The van der Waals surface area contributed by atoms with Gasteiger partial charge in [0.15, 0.2) is 5.78 Å². The summed E-state index contributed by atoms with van der Waals surface area (Å²) in [5, 5.41) is 19.8. The van der Waals surface area contributed by atoms with E-state index in [-0.39, 0.29) is 23.7 Å². The highest BCUT2D eigenvalue weighted by Crippen LogP contribution is 2.44. The van der Waals surface area contributed by atoms with Crippen molar-refractivity contribution in [3.8, 4) is 0 Å². The number of benzene rings is 7. The molecule has 7 aromatic carbocycles. The van der Waals surface area contributed by atoms with Crippen molar-refractivity contribution >= 4 is 66.4 Å². The van der Waals surface area contributed by atoms with Crippen molar-refractivity contribution in [3.05, 3.63) is 136 Å². The Morgan fingerprint density at radius 3 is 1.64 bits per heavy atom. The highest BCUT2D eigenvalue weighted by molar-refractivity contribution is 6.37. The minimum atomic E-state index is -1.08. The third kappa shape index (κ3) is 4.36. The lowest BCUT2D eigenvalue weighted by Crippen LogP contribution is -2.13. The van der Waals surface area contributed by atoms with Gasteiger partial charge in [-0.1, -0.05) is 83.9 Å². The van der Waals surface area contributed by atoms with Gasteiger partial charge in [0.25, 0.3) is 5.91 Å². The molecule has 0 saturated heterocycles. The molecule has 0 radical (unpaired) electrons. The van der Waals surface area contributed by atoms with Crippen LogP contribution in [0.3, 0.4) is 0 Å². The zero-order valence-electron chi connectivity index (χ0n) is 24.6. The molecule has 1 amide bonds. The topological polar surface area (TPSA) is 83.5 Å². The summed E-state index contributed by atoms with van der Waals surface area (Å²) < 4.78 is 0. The Bertz CT molecular complexity index is 2280. The van der Waals surface area contributed by atoms with E-state index in [0.717, 1.165) is 65.6 Å². The molecule has 0 atom stereocenters. The molecule has 0 aromatic heterocycles. The number of rotatable bonds is 6. The van der Waals surface area contributed by atoms with E-state index in [4.69, 9.17) is 0 Å². The summed E-state index contributed by atoms with van der Waals surface area (Å²) in [7, 11) is 0. The highest BCUT2D eigenvalue weighted by Gasteiger charge is 2.24. The zero-order valence-corrected chi connectivity index (χ0v) is 24.6. The van der Waals surface area contributed by atoms with Gasteiger partial charge >= 0.3 is 5.97 Å². The van der Waals surface area contributed by atoms with Crippen LogP contribution in [-0.2, 0) is 6.42 Å². The maximum Gasteiger partial charge on any atom is 0.336 e. The summed E-state index contributed by atoms with van der Waals surface area (Å²) >= 11 is 0. The summed E-state index contributed by atoms with van der Waals surface area (Å²) in [5.74, 6) is -1.42. The second kappa shape index (κ2) is 10.3. The Morgan fingerprint density at radius 2 is 1.05 bits per heavy atom. The normalized spacial score (nSPS) is 11.5. The van der Waals surface area contributed by atoms with Gasteiger partial charge in [-0.05, 0) is 93.9 Å². The van der Waals surface area contributed by atoms with E-state index >= 15 is 0 Å². The van der Waals surface area contributed by atoms with Gasteiger partial charge in [-0.3, -0.25) is 9.59 Å². The third-order valence-electron chi connectivity index (χ3n) is 8.68. The fourth-order valence-electron chi connectivity index (χ4n) is 6.48. The van der Waals surface area contributed by atoms with Crippen molar-refractivity contribution in [3.63, 3.8) is 0 Å². The van der Waals surface area contributed by atoms with Crippen molar-refractivity contribution in [1.82, 2.24) is 0 Å². The number of anilines is 1. The van der Waals surface area contributed by atoms with Gasteiger partial charge in [-0.15, -0.1) is 0 Å². The zero-order chi connectivity index (χ0) is 30.7. The Kier molecular flexibility index (Phi) is 6.40. The number of carboxylic acid groups (broad SMARTS) is 1. The van der Waals surface area contributed by atoms with Gasteiger partial charge in [-0.2, -0.15) is 0 Å². The Labute approximate surface area is 254 Å². The number of carbonyl (C=O) groups is 3. The van der Waals surface area contributed by atoms with Crippen molar-refractivity contribution in [1.29, 1.82) is 0 Å². The Balaban J connectivity index is 1.47. The van der Waals surface area contributed by atoms with Gasteiger partial charge in [0, 0.05) is 28.6 Å². The molecule has 7 aromatic rings. The summed E-state index contributed by atoms with van der Waals surface area (Å²) in [5.41, 5.74) is 5.83. The first-order valence-electron chi connectivity index (χ1n) is 14.6. The first-order chi connectivity index (χ1) is 21.2. The van der Waals surface area contributed by atoms with Crippen molar-refractivity contribution in [2.75, 3.05) is 5.32 Å². The van der Waals surface area contributed by atoms with Crippen molar-refractivity contribution < 1.29 is 19.5 Å². The monoisotopic (exact) mass is 575 g/mol. The molecule has 0 aliphatic rings. The van der Waals surface area contributed by atoms with Crippen LogP contribution < -0.4 is 5.32 Å². The molecule has 44 heavy (non-hydrogen) atoms. The number of ketones is 1. The van der Waals surface area contributed by atoms with Crippen LogP contribution in [-0.4, -0.2) is 22.8 Å². The molecule has 214 valence electrons. The van der Waals surface area contributed by atoms with E-state index in [0.29, 0.717) is 16.5 Å². The number of Topliss-reactive ketones (excluding diaryl/α,β-unsaturated/α-hetero) is 1. The largest absolute Gasteiger partial charge is 0.478 e. The fraction of sp³-hybridized carbons (Fsp3) is 0.103. The van der Waals surface area contributed by atoms with Crippen LogP contribution in [0.5, 0.6) is 0 Å². The number of hydrogen-bond donors (Lipinski definition) is 2. The van der Waals surface area contributed by atoms with E-state index in [1.165, 1.54) is 0 Å². The lowest BCUT2D eigenvalue weighted by Gasteiger charge is -2.20. The summed E-state index contributed by atoms with van der Waals surface area (Å²) in [6.45, 7) is 6.00. The molecular formula is C39H29NO4. The minimum absolute atomic E-state index is 0.0961. The quantitative estimate of drug-likeness (QED) is 0.118. The van der Waals surface area contributed by atoms with Crippen LogP contribution in [0.2, 0.25) is 0 Å². The van der Waals surface area contributed by atoms with Crippen LogP contribution in [0.15, 0.2) is 97.1 Å². The van der Waals surface area contributed by atoms with Crippen LogP contribution in [0.1, 0.15) is 53.3 Å². The van der Waals surface area contributed by atoms with Crippen molar-refractivity contribution in [2.45, 2.75) is 27.2 Å². The van der Waals surface area contributed by atoms with E-state index in [9.17, 15) is 19.5 Å². The predicted octanol–water partition coefficient (Wildman–Crippen LogP) is 9.04. The molecule has 0 aliphatic heterocycles. The smallest absolute Gasteiger partial charge is 0.336 e. The van der Waals surface area contributed by atoms with Crippen LogP contribution in [0.4, 0.5) is 5.69 Å². The predicted molar refractivity (Wildman–Crippen MR) is 178 cm³/mol. The Hall–Kier alpha value is -5.55. The lowest BCUT2D eigenvalue weighted by atomic mass is 9.83. The lowest BCUT2D eigenvalue weighted by molar-refractivity contribution is 0.0698. The van der Waals surface area contributed by atoms with Crippen LogP contribution >= 0.6 is 0 Å². The number of hydrogen-bond acceptors (Lipinski definition) is 3. The molecule has 7 rings (SSSR count). The maximum absolute atomic E-state index is 13.7. The standard InChI is InChI=1S/C39H29NO4/c1-21-4-9-24(10-5-21)20-33(41)30-17-14-28-26-13-8-23(3)34-31(38(42)40-25-11-6-22(2)7-12-25)18-15-27(35(26)34)29-16-19-32(39(43)44)37(30)36(28)29/h4-19H,20H2,1-3H3,(H,40,42)(H,43,44). The number of amides is 1. The number of aromatic carboxylic acids is 1. The molecule has 5 nitrogen and oxygen atoms in total. The molecular weight excluding hydrogens is 546 g/mol. The van der Waals surface area contributed by atoms with Crippen LogP contribution in [0, 0.1) is 20.8 Å². The molecule has 0 fully saturated rings. The average Bonchev–Trinajstić information content (AvgIpc) is 3.02. The minimum Gasteiger partial charge on any atom is -0.478 e. The van der Waals surface area contributed by atoms with Gasteiger partial charge in [0.2, 0.25) is 0 Å². The molecule has 0 unspecified atom stereocenters. The van der Waals surface area contributed by atoms with E-state index in [2.05, 4.69) is 5.32 Å². The van der Waals surface area contributed by atoms with E-state index < -0.39 is 5.97 Å². The number of nitrogens with one attached hydrogen (secondary N) is 1. The van der Waals surface area contributed by atoms with Crippen LogP contribution in [0.25, 0.3) is 43.1 Å². The van der Waals surface area contributed by atoms with Crippen molar-refractivity contribution in [2.24, 2.45) is 0 Å². The average molecular weight is 576 g/mol. The van der Waals surface area contributed by atoms with E-state index in [1.807, 2.05) is 106 Å². The molecule has 0 heterocycles. The fourth-order valence-corrected chi connectivity index (χ4v) is 6.48. The van der Waals surface area contributed by atoms with E-state index in [1.54, 1.807) is 12.1 Å². The number of fused-ring (bicyclic) bond motifs is 2. The molecule has 2 N–H and O–H groups in total. The van der Waals surface area contributed by atoms with Gasteiger partial charge in [-0.25, -0.2) is 4.79 Å². The summed E-state index contributed by atoms with van der Waals surface area (Å²) in [6, 6.07) is 30.4. The molecule has 5 heteroatoms. The Morgan fingerprint density at radius 1 is 0.545 bits per heavy atom. The summed E-state index contributed by atoms with van der Waals surface area (Å²) in [4.78, 5) is 39.9. The number of aryl methyl sites for hydroxylation is 3. The second-order valence-corrected chi connectivity index (χ2v) is 11.6. The van der Waals surface area contributed by atoms with Gasteiger partial charge in [0.1, 0.15) is 0 Å². The molecule has 0 bridgehead atoms. The SMILES string of the molecule is Cc1ccc(CC(=O)c2ccc3c4ccc(C)c5c(C(=O)Nc6ccc(C)cc6)ccc(c6ccc(C(=O)O)c2c63)c54)cc1. The number of carboxylic acids is 1. The second-order valence-electron chi connectivity index (χ2n) is 11.6. The first kappa shape index (κ1) is 27.3. The first-order valence-corrected chi connectivity index (χ1v) is 14.6.